The molecule has 2 rings (SSSR count). The van der Waals surface area contributed by atoms with E-state index < -0.39 is 0 Å². The second-order valence-electron chi connectivity index (χ2n) is 4.10. The quantitative estimate of drug-likeness (QED) is 0.943. The van der Waals surface area contributed by atoms with E-state index in [2.05, 4.69) is 5.32 Å². The number of para-hydroxylation sites is 1. The van der Waals surface area contributed by atoms with Crippen LogP contribution in [0.5, 0.6) is 5.75 Å². The molecule has 106 valence electrons. The third-order valence-corrected chi connectivity index (χ3v) is 3.90. The first-order chi connectivity index (χ1) is 9.52. The molecule has 0 saturated carbocycles. The van der Waals surface area contributed by atoms with Crippen molar-refractivity contribution in [3.05, 3.63) is 44.0 Å². The third kappa shape index (κ3) is 3.02. The maximum atomic E-state index is 12.0. The monoisotopic (exact) mass is 312 g/mol. The number of carbonyl (C=O) groups is 1. The second-order valence-corrected chi connectivity index (χ2v) is 5.33. The van der Waals surface area contributed by atoms with Gasteiger partial charge in [0.05, 0.1) is 17.8 Å². The van der Waals surface area contributed by atoms with Crippen LogP contribution in [-0.2, 0) is 11.3 Å². The average Bonchev–Trinajstić information content (AvgIpc) is 2.71. The molecule has 1 aromatic heterocycles. The van der Waals surface area contributed by atoms with Crippen LogP contribution in [0.4, 0.5) is 5.69 Å². The number of ether oxygens (including phenoxy) is 1. The molecule has 0 saturated heterocycles. The number of aromatic nitrogens is 1. The molecule has 0 unspecified atom stereocenters. The number of carbonyl (C=O) groups excluding carboxylic acids is 1. The van der Waals surface area contributed by atoms with Gasteiger partial charge in [0.25, 0.3) is 0 Å². The third-order valence-electron chi connectivity index (χ3n) is 2.72. The van der Waals surface area contributed by atoms with Gasteiger partial charge in [-0.05, 0) is 19.1 Å². The zero-order valence-electron chi connectivity index (χ0n) is 11.0. The van der Waals surface area contributed by atoms with Crippen molar-refractivity contribution in [2.24, 2.45) is 0 Å². The summed E-state index contributed by atoms with van der Waals surface area (Å²) in [6, 6.07) is 5.07. The molecule has 0 bridgehead atoms. The van der Waals surface area contributed by atoms with Gasteiger partial charge in [0, 0.05) is 11.1 Å². The van der Waals surface area contributed by atoms with E-state index in [1.807, 2.05) is 0 Å². The summed E-state index contributed by atoms with van der Waals surface area (Å²) in [5.74, 6) is 0.0890. The van der Waals surface area contributed by atoms with Crippen LogP contribution >= 0.6 is 22.9 Å². The van der Waals surface area contributed by atoms with Crippen molar-refractivity contribution in [2.75, 3.05) is 12.4 Å². The van der Waals surface area contributed by atoms with Crippen molar-refractivity contribution < 1.29 is 9.53 Å². The van der Waals surface area contributed by atoms with Crippen LogP contribution in [0, 0.1) is 6.92 Å². The van der Waals surface area contributed by atoms with Gasteiger partial charge in [0.1, 0.15) is 6.54 Å². The molecule has 0 aliphatic rings. The lowest BCUT2D eigenvalue weighted by Gasteiger charge is -2.11. The Bertz CT molecular complexity index is 693. The number of methoxy groups -OCH3 is 1. The summed E-state index contributed by atoms with van der Waals surface area (Å²) in [5.41, 5.74) is 1.24. The highest BCUT2D eigenvalue weighted by Crippen LogP contribution is 2.32. The molecule has 2 aromatic rings. The Morgan fingerprint density at radius 1 is 1.50 bits per heavy atom. The first kappa shape index (κ1) is 14.6. The van der Waals surface area contributed by atoms with E-state index in [1.54, 1.807) is 30.5 Å². The van der Waals surface area contributed by atoms with Gasteiger partial charge in [-0.15, -0.1) is 0 Å². The van der Waals surface area contributed by atoms with E-state index in [9.17, 15) is 9.59 Å². The second kappa shape index (κ2) is 6.11. The number of benzene rings is 1. The maximum absolute atomic E-state index is 12.0. The van der Waals surface area contributed by atoms with Crippen LogP contribution in [0.25, 0.3) is 0 Å². The normalized spacial score (nSPS) is 10.3. The molecule has 5 nitrogen and oxygen atoms in total. The smallest absolute Gasteiger partial charge is 0.307 e. The van der Waals surface area contributed by atoms with E-state index >= 15 is 0 Å². The fourth-order valence-corrected chi connectivity index (χ4v) is 2.73. The summed E-state index contributed by atoms with van der Waals surface area (Å²) in [6.07, 6.45) is 0. The Hall–Kier alpha value is -1.79. The molecule has 0 atom stereocenters. The SMILES string of the molecule is COc1c(Cl)cccc1NC(=O)Cn1c(C)csc1=O. The Morgan fingerprint density at radius 2 is 2.25 bits per heavy atom. The number of aryl methyl sites for hydroxylation is 1. The van der Waals surface area contributed by atoms with Gasteiger partial charge in [-0.2, -0.15) is 0 Å². The molecule has 1 amide bonds. The van der Waals surface area contributed by atoms with Crippen molar-refractivity contribution in [2.45, 2.75) is 13.5 Å². The predicted molar refractivity (Wildman–Crippen MR) is 79.9 cm³/mol. The fraction of sp³-hybridized carbons (Fsp3) is 0.231. The van der Waals surface area contributed by atoms with Crippen molar-refractivity contribution >= 4 is 34.5 Å². The molecule has 0 radical (unpaired) electrons. The van der Waals surface area contributed by atoms with Crippen LogP contribution in [0.1, 0.15) is 5.69 Å². The van der Waals surface area contributed by atoms with Crippen molar-refractivity contribution in [3.8, 4) is 5.75 Å². The number of rotatable bonds is 4. The van der Waals surface area contributed by atoms with E-state index in [0.29, 0.717) is 16.5 Å². The van der Waals surface area contributed by atoms with Crippen LogP contribution in [0.3, 0.4) is 0 Å². The molecule has 1 aromatic carbocycles. The lowest BCUT2D eigenvalue weighted by molar-refractivity contribution is -0.116. The topological polar surface area (TPSA) is 60.3 Å². The van der Waals surface area contributed by atoms with Crippen LogP contribution < -0.4 is 14.9 Å². The number of thiazole rings is 1. The molecule has 1 heterocycles. The van der Waals surface area contributed by atoms with Crippen LogP contribution in [0.15, 0.2) is 28.4 Å². The number of halogens is 1. The Kier molecular flexibility index (Phi) is 4.46. The minimum atomic E-state index is -0.311. The Morgan fingerprint density at radius 3 is 2.85 bits per heavy atom. The number of hydrogen-bond donors (Lipinski definition) is 1. The molecular formula is C13H13ClN2O3S. The molecule has 0 spiro atoms. The predicted octanol–water partition coefficient (Wildman–Crippen LogP) is 2.52. The summed E-state index contributed by atoms with van der Waals surface area (Å²) >= 11 is 7.05. The summed E-state index contributed by atoms with van der Waals surface area (Å²) in [5, 5.41) is 4.82. The zero-order valence-corrected chi connectivity index (χ0v) is 12.5. The summed E-state index contributed by atoms with van der Waals surface area (Å²) in [7, 11) is 1.48. The van der Waals surface area contributed by atoms with Gasteiger partial charge in [0.15, 0.2) is 5.75 Å². The summed E-state index contributed by atoms with van der Waals surface area (Å²) in [6.45, 7) is 1.75. The van der Waals surface area contributed by atoms with E-state index in [1.165, 1.54) is 11.7 Å². The average molecular weight is 313 g/mol. The van der Waals surface area contributed by atoms with Gasteiger partial charge in [-0.3, -0.25) is 14.2 Å². The first-order valence-corrected chi connectivity index (χ1v) is 7.06. The van der Waals surface area contributed by atoms with Gasteiger partial charge in [-0.1, -0.05) is 29.0 Å². The molecular weight excluding hydrogens is 300 g/mol. The highest BCUT2D eigenvalue weighted by molar-refractivity contribution is 7.07. The number of hydrogen-bond acceptors (Lipinski definition) is 4. The molecule has 0 aliphatic heterocycles. The highest BCUT2D eigenvalue weighted by atomic mass is 35.5. The minimum absolute atomic E-state index is 0.0379. The van der Waals surface area contributed by atoms with Gasteiger partial charge >= 0.3 is 4.87 Å². The standard InChI is InChI=1S/C13H13ClN2O3S/c1-8-7-20-13(18)16(8)6-11(17)15-10-5-3-4-9(14)12(10)19-2/h3-5,7H,6H2,1-2H3,(H,15,17). The fourth-order valence-electron chi connectivity index (χ4n) is 1.74. The van der Waals surface area contributed by atoms with E-state index in [-0.39, 0.29) is 17.3 Å². The highest BCUT2D eigenvalue weighted by Gasteiger charge is 2.12. The van der Waals surface area contributed by atoms with Gasteiger partial charge in [0.2, 0.25) is 5.91 Å². The zero-order chi connectivity index (χ0) is 14.7. The summed E-state index contributed by atoms with van der Waals surface area (Å²) in [4.78, 5) is 23.4. The minimum Gasteiger partial charge on any atom is -0.493 e. The van der Waals surface area contributed by atoms with E-state index in [4.69, 9.17) is 16.3 Å². The molecule has 7 heteroatoms. The molecule has 20 heavy (non-hydrogen) atoms. The van der Waals surface area contributed by atoms with Crippen molar-refractivity contribution in [1.29, 1.82) is 0 Å². The lowest BCUT2D eigenvalue weighted by Crippen LogP contribution is -2.25. The number of amides is 1. The lowest BCUT2D eigenvalue weighted by atomic mass is 10.3. The largest absolute Gasteiger partial charge is 0.493 e. The van der Waals surface area contributed by atoms with E-state index in [0.717, 1.165) is 17.0 Å². The maximum Gasteiger partial charge on any atom is 0.307 e. The van der Waals surface area contributed by atoms with Gasteiger partial charge < -0.3 is 10.1 Å². The number of anilines is 1. The molecule has 0 aliphatic carbocycles. The Labute approximate surface area is 124 Å². The number of nitrogens with one attached hydrogen (secondary N) is 1. The van der Waals surface area contributed by atoms with Crippen molar-refractivity contribution in [3.63, 3.8) is 0 Å². The number of nitrogens with zero attached hydrogens (tertiary/aromatic N) is 1. The summed E-state index contributed by atoms with van der Waals surface area (Å²) < 4.78 is 6.56. The van der Waals surface area contributed by atoms with Crippen LogP contribution in [-0.4, -0.2) is 17.6 Å². The first-order valence-electron chi connectivity index (χ1n) is 5.80. The van der Waals surface area contributed by atoms with Crippen molar-refractivity contribution in [1.82, 2.24) is 4.57 Å². The van der Waals surface area contributed by atoms with Crippen LogP contribution in [0.2, 0.25) is 5.02 Å². The molecule has 1 N–H and O–H groups in total. The molecule has 0 fully saturated rings. The van der Waals surface area contributed by atoms with Gasteiger partial charge in [-0.25, -0.2) is 0 Å². The Balaban J connectivity index is 2.17.